The molecule has 0 aliphatic carbocycles. The number of rotatable bonds is 5. The van der Waals surface area contributed by atoms with Gasteiger partial charge in [-0.1, -0.05) is 6.07 Å². The zero-order chi connectivity index (χ0) is 18.5. The number of aromatic nitrogens is 2. The molecule has 150 valence electrons. The second-order valence-electron chi connectivity index (χ2n) is 6.66. The van der Waals surface area contributed by atoms with E-state index in [0.717, 1.165) is 29.9 Å². The molecular formula is C18H27F2IN6. The maximum absolute atomic E-state index is 12.5. The molecule has 1 aliphatic heterocycles. The average molecular weight is 492 g/mol. The molecule has 2 N–H and O–H groups in total. The van der Waals surface area contributed by atoms with Crippen molar-refractivity contribution in [2.24, 2.45) is 4.99 Å². The summed E-state index contributed by atoms with van der Waals surface area (Å²) < 4.78 is 27.0. The molecule has 9 heteroatoms. The van der Waals surface area contributed by atoms with E-state index in [-0.39, 0.29) is 36.6 Å². The average Bonchev–Trinajstić information content (AvgIpc) is 3.04. The van der Waals surface area contributed by atoms with E-state index in [0.29, 0.717) is 25.6 Å². The van der Waals surface area contributed by atoms with Crippen molar-refractivity contribution in [3.8, 4) is 0 Å². The van der Waals surface area contributed by atoms with Crippen LogP contribution in [0.3, 0.4) is 0 Å². The Morgan fingerprint density at radius 1 is 1.33 bits per heavy atom. The fourth-order valence-electron chi connectivity index (χ4n) is 3.30. The van der Waals surface area contributed by atoms with E-state index in [1.54, 1.807) is 7.05 Å². The molecule has 2 aromatic rings. The zero-order valence-electron chi connectivity index (χ0n) is 15.7. The minimum atomic E-state index is -2.26. The molecule has 0 saturated carbocycles. The van der Waals surface area contributed by atoms with E-state index in [2.05, 4.69) is 25.0 Å². The van der Waals surface area contributed by atoms with E-state index < -0.39 is 6.43 Å². The molecule has 0 aromatic carbocycles. The van der Waals surface area contributed by atoms with Gasteiger partial charge in [0, 0.05) is 38.1 Å². The van der Waals surface area contributed by atoms with Gasteiger partial charge in [-0.2, -0.15) is 0 Å². The molecule has 27 heavy (non-hydrogen) atoms. The van der Waals surface area contributed by atoms with E-state index in [1.165, 1.54) is 0 Å². The number of hydrogen-bond acceptors (Lipinski definition) is 3. The third kappa shape index (κ3) is 6.00. The number of fused-ring (bicyclic) bond motifs is 1. The standard InChI is InChI=1S/C18H26F2N6.HI/c1-13-4-3-5-17-23-15(11-26(13)17)10-22-18(21-2)24-14-6-8-25(9-7-14)12-16(19)20;/h3-5,11,14,16H,6-10,12H2,1-2H3,(H2,21,22,24);1H. The lowest BCUT2D eigenvalue weighted by molar-refractivity contribution is 0.0744. The highest BCUT2D eigenvalue weighted by Gasteiger charge is 2.22. The Hall–Kier alpha value is -1.49. The van der Waals surface area contributed by atoms with Crippen LogP contribution in [0, 0.1) is 6.92 Å². The van der Waals surface area contributed by atoms with Crippen LogP contribution < -0.4 is 10.6 Å². The molecule has 2 aromatic heterocycles. The number of nitrogens with zero attached hydrogens (tertiary/aromatic N) is 4. The Morgan fingerprint density at radius 3 is 2.70 bits per heavy atom. The Balaban J connectivity index is 0.00000261. The van der Waals surface area contributed by atoms with Gasteiger partial charge in [0.2, 0.25) is 0 Å². The SMILES string of the molecule is CN=C(NCc1cn2c(C)cccc2n1)NC1CCN(CC(F)F)CC1.I. The van der Waals surface area contributed by atoms with Crippen LogP contribution in [0.5, 0.6) is 0 Å². The summed E-state index contributed by atoms with van der Waals surface area (Å²) in [5, 5.41) is 6.67. The molecule has 0 amide bonds. The molecule has 0 unspecified atom stereocenters. The van der Waals surface area contributed by atoms with Crippen LogP contribution in [-0.2, 0) is 6.54 Å². The molecule has 0 radical (unpaired) electrons. The van der Waals surface area contributed by atoms with E-state index >= 15 is 0 Å². The highest BCUT2D eigenvalue weighted by molar-refractivity contribution is 14.0. The predicted octanol–water partition coefficient (Wildman–Crippen LogP) is 2.66. The summed E-state index contributed by atoms with van der Waals surface area (Å²) in [6.07, 6.45) is 1.43. The Bertz CT molecular complexity index is 755. The monoisotopic (exact) mass is 492 g/mol. The smallest absolute Gasteiger partial charge is 0.251 e. The number of halogens is 3. The molecular weight excluding hydrogens is 465 g/mol. The van der Waals surface area contributed by atoms with Gasteiger partial charge in [-0.3, -0.25) is 9.89 Å². The number of aryl methyl sites for hydroxylation is 1. The number of likely N-dealkylation sites (tertiary alicyclic amines) is 1. The van der Waals surface area contributed by atoms with Crippen LogP contribution in [0.15, 0.2) is 29.4 Å². The lowest BCUT2D eigenvalue weighted by atomic mass is 10.1. The van der Waals surface area contributed by atoms with E-state index in [9.17, 15) is 8.78 Å². The summed E-state index contributed by atoms with van der Waals surface area (Å²) in [7, 11) is 1.73. The Morgan fingerprint density at radius 2 is 2.07 bits per heavy atom. The van der Waals surface area contributed by atoms with Crippen LogP contribution in [-0.4, -0.2) is 59.4 Å². The van der Waals surface area contributed by atoms with Gasteiger partial charge >= 0.3 is 0 Å². The third-order valence-electron chi connectivity index (χ3n) is 4.73. The second kappa shape index (κ2) is 10.2. The van der Waals surface area contributed by atoms with Crippen molar-refractivity contribution >= 4 is 35.6 Å². The molecule has 0 spiro atoms. The maximum Gasteiger partial charge on any atom is 0.251 e. The van der Waals surface area contributed by atoms with Gasteiger partial charge in [0.25, 0.3) is 6.43 Å². The van der Waals surface area contributed by atoms with Crippen molar-refractivity contribution in [3.63, 3.8) is 0 Å². The first-order valence-electron chi connectivity index (χ1n) is 8.96. The van der Waals surface area contributed by atoms with E-state index in [1.807, 2.05) is 36.2 Å². The number of hydrogen-bond donors (Lipinski definition) is 2. The fraction of sp³-hybridized carbons (Fsp3) is 0.556. The van der Waals surface area contributed by atoms with Gasteiger partial charge in [0.05, 0.1) is 18.8 Å². The van der Waals surface area contributed by atoms with Crippen molar-refractivity contribution in [1.82, 2.24) is 24.9 Å². The number of pyridine rings is 1. The topological polar surface area (TPSA) is 57.0 Å². The number of imidazole rings is 1. The molecule has 3 heterocycles. The van der Waals surface area contributed by atoms with Gasteiger partial charge in [0.1, 0.15) is 5.65 Å². The quantitative estimate of drug-likeness (QED) is 0.383. The number of nitrogens with one attached hydrogen (secondary N) is 2. The van der Waals surface area contributed by atoms with Crippen LogP contribution in [0.2, 0.25) is 0 Å². The first-order valence-corrected chi connectivity index (χ1v) is 8.96. The van der Waals surface area contributed by atoms with Gasteiger partial charge < -0.3 is 15.0 Å². The van der Waals surface area contributed by atoms with Crippen molar-refractivity contribution < 1.29 is 8.78 Å². The lowest BCUT2D eigenvalue weighted by Gasteiger charge is -2.32. The highest BCUT2D eigenvalue weighted by Crippen LogP contribution is 2.12. The first-order chi connectivity index (χ1) is 12.5. The highest BCUT2D eigenvalue weighted by atomic mass is 127. The molecule has 0 atom stereocenters. The minimum absolute atomic E-state index is 0. The summed E-state index contributed by atoms with van der Waals surface area (Å²) >= 11 is 0. The molecule has 1 aliphatic rings. The van der Waals surface area contributed by atoms with Crippen molar-refractivity contribution in [1.29, 1.82) is 0 Å². The van der Waals surface area contributed by atoms with Crippen molar-refractivity contribution in [2.45, 2.75) is 38.8 Å². The van der Waals surface area contributed by atoms with E-state index in [4.69, 9.17) is 0 Å². The van der Waals surface area contributed by atoms with Gasteiger partial charge in [-0.05, 0) is 31.9 Å². The molecule has 1 saturated heterocycles. The fourth-order valence-corrected chi connectivity index (χ4v) is 3.30. The van der Waals surface area contributed by atoms with Gasteiger partial charge in [0.15, 0.2) is 5.96 Å². The Kier molecular flexibility index (Phi) is 8.21. The summed E-state index contributed by atoms with van der Waals surface area (Å²) in [5.41, 5.74) is 3.00. The molecule has 1 fully saturated rings. The number of alkyl halides is 2. The van der Waals surface area contributed by atoms with Crippen LogP contribution in [0.4, 0.5) is 8.78 Å². The number of aliphatic imine (C=N–C) groups is 1. The van der Waals surface area contributed by atoms with Crippen LogP contribution in [0.25, 0.3) is 5.65 Å². The number of piperidine rings is 1. The zero-order valence-corrected chi connectivity index (χ0v) is 18.0. The molecule has 6 nitrogen and oxygen atoms in total. The summed E-state index contributed by atoms with van der Waals surface area (Å²) in [6.45, 7) is 3.86. The maximum atomic E-state index is 12.5. The van der Waals surface area contributed by atoms with Gasteiger partial charge in [-0.25, -0.2) is 13.8 Å². The normalized spacial score (nSPS) is 16.6. The van der Waals surface area contributed by atoms with Crippen molar-refractivity contribution in [2.75, 3.05) is 26.7 Å². The van der Waals surface area contributed by atoms with Gasteiger partial charge in [-0.15, -0.1) is 24.0 Å². The predicted molar refractivity (Wildman–Crippen MR) is 114 cm³/mol. The number of guanidine groups is 1. The summed E-state index contributed by atoms with van der Waals surface area (Å²) in [6, 6.07) is 6.28. The largest absolute Gasteiger partial charge is 0.354 e. The molecule has 0 bridgehead atoms. The lowest BCUT2D eigenvalue weighted by Crippen LogP contribution is -2.49. The minimum Gasteiger partial charge on any atom is -0.354 e. The van der Waals surface area contributed by atoms with Crippen LogP contribution >= 0.6 is 24.0 Å². The van der Waals surface area contributed by atoms with Crippen LogP contribution in [0.1, 0.15) is 24.2 Å². The van der Waals surface area contributed by atoms with Crippen molar-refractivity contribution in [3.05, 3.63) is 35.8 Å². The summed E-state index contributed by atoms with van der Waals surface area (Å²) in [4.78, 5) is 10.7. The molecule has 3 rings (SSSR count). The summed E-state index contributed by atoms with van der Waals surface area (Å²) in [5.74, 6) is 0.714. The third-order valence-corrected chi connectivity index (χ3v) is 4.73. The second-order valence-corrected chi connectivity index (χ2v) is 6.66. The first kappa shape index (κ1) is 21.8. The Labute approximate surface area is 175 Å².